The molecular formula is C10H19N3. The van der Waals surface area contributed by atoms with Crippen LogP contribution in [0, 0.1) is 0 Å². The fourth-order valence-corrected chi connectivity index (χ4v) is 1.16. The Morgan fingerprint density at radius 3 is 2.62 bits per heavy atom. The average Bonchev–Trinajstić information content (AvgIpc) is 2.20. The Morgan fingerprint density at radius 1 is 1.54 bits per heavy atom. The quantitative estimate of drug-likeness (QED) is 0.520. The molecule has 0 amide bonds. The van der Waals surface area contributed by atoms with Gasteiger partial charge in [-0.15, -0.1) is 0 Å². The molecule has 3 nitrogen and oxygen atoms in total. The number of aliphatic imine (C=N–C) groups is 1. The number of hydrogen-bond donors (Lipinski definition) is 1. The van der Waals surface area contributed by atoms with E-state index in [4.69, 9.17) is 5.84 Å². The molecule has 0 aromatic carbocycles. The van der Waals surface area contributed by atoms with Crippen LogP contribution in [0.2, 0.25) is 0 Å². The van der Waals surface area contributed by atoms with Crippen molar-refractivity contribution >= 4 is 6.72 Å². The summed E-state index contributed by atoms with van der Waals surface area (Å²) in [5, 5.41) is 1.76. The third kappa shape index (κ3) is 3.53. The van der Waals surface area contributed by atoms with Crippen LogP contribution in [0.4, 0.5) is 0 Å². The Bertz CT molecular complexity index is 206. The molecule has 0 atom stereocenters. The van der Waals surface area contributed by atoms with Crippen LogP contribution in [0.5, 0.6) is 0 Å². The topological polar surface area (TPSA) is 41.6 Å². The summed E-state index contributed by atoms with van der Waals surface area (Å²) in [4.78, 5) is 3.91. The molecule has 1 aliphatic heterocycles. The lowest BCUT2D eigenvalue weighted by Crippen LogP contribution is -2.36. The van der Waals surface area contributed by atoms with E-state index < -0.39 is 0 Å². The van der Waals surface area contributed by atoms with E-state index in [1.165, 1.54) is 0 Å². The Labute approximate surface area is 80.6 Å². The van der Waals surface area contributed by atoms with Crippen molar-refractivity contribution in [1.82, 2.24) is 5.01 Å². The molecule has 0 saturated carbocycles. The zero-order valence-corrected chi connectivity index (χ0v) is 8.58. The lowest BCUT2D eigenvalue weighted by molar-refractivity contribution is 0.298. The summed E-state index contributed by atoms with van der Waals surface area (Å²) >= 11 is 0. The van der Waals surface area contributed by atoms with Gasteiger partial charge in [-0.1, -0.05) is 26.5 Å². The second kappa shape index (κ2) is 6.57. The van der Waals surface area contributed by atoms with Gasteiger partial charge in [0, 0.05) is 25.2 Å². The molecule has 1 rings (SSSR count). The van der Waals surface area contributed by atoms with Gasteiger partial charge in [-0.25, -0.2) is 5.01 Å². The Morgan fingerprint density at radius 2 is 2.15 bits per heavy atom. The molecular weight excluding hydrogens is 162 g/mol. The van der Waals surface area contributed by atoms with Crippen molar-refractivity contribution in [2.45, 2.75) is 20.3 Å². The van der Waals surface area contributed by atoms with Crippen molar-refractivity contribution in [3.63, 3.8) is 0 Å². The fourth-order valence-electron chi connectivity index (χ4n) is 1.16. The van der Waals surface area contributed by atoms with E-state index >= 15 is 0 Å². The molecule has 2 N–H and O–H groups in total. The van der Waals surface area contributed by atoms with Crippen LogP contribution in [0.3, 0.4) is 0 Å². The fraction of sp³-hybridized carbons (Fsp3) is 0.500. The van der Waals surface area contributed by atoms with E-state index in [9.17, 15) is 0 Å². The summed E-state index contributed by atoms with van der Waals surface area (Å²) in [6.45, 7) is 12.8. The maximum atomic E-state index is 5.61. The van der Waals surface area contributed by atoms with Crippen LogP contribution in [0.1, 0.15) is 20.3 Å². The molecule has 0 aromatic heterocycles. The van der Waals surface area contributed by atoms with Crippen molar-refractivity contribution in [2.75, 3.05) is 13.1 Å². The van der Waals surface area contributed by atoms with E-state index in [1.54, 1.807) is 11.1 Å². The highest BCUT2D eigenvalue weighted by Crippen LogP contribution is 2.16. The van der Waals surface area contributed by atoms with Gasteiger partial charge in [0.1, 0.15) is 0 Å². The summed E-state index contributed by atoms with van der Waals surface area (Å²) in [6, 6.07) is 0. The Kier molecular flexibility index (Phi) is 6.10. The number of rotatable bonds is 2. The number of hydrazine groups is 1. The average molecular weight is 181 g/mol. The first-order valence-corrected chi connectivity index (χ1v) is 4.58. The molecule has 0 spiro atoms. The van der Waals surface area contributed by atoms with Crippen molar-refractivity contribution < 1.29 is 0 Å². The molecule has 0 aliphatic carbocycles. The largest absolute Gasteiger partial charge is 0.269 e. The van der Waals surface area contributed by atoms with Crippen LogP contribution in [0.25, 0.3) is 0 Å². The Hall–Kier alpha value is -0.930. The minimum Gasteiger partial charge on any atom is -0.269 e. The van der Waals surface area contributed by atoms with E-state index in [0.29, 0.717) is 0 Å². The smallest absolute Gasteiger partial charge is 0.0454 e. The minimum atomic E-state index is 0.734. The van der Waals surface area contributed by atoms with Gasteiger partial charge in [-0.2, -0.15) is 0 Å². The van der Waals surface area contributed by atoms with Gasteiger partial charge in [-0.3, -0.25) is 10.8 Å². The second-order valence-corrected chi connectivity index (χ2v) is 2.55. The first kappa shape index (κ1) is 12.1. The standard InChI is InChI=1S/C8H13N3.C2H6/c1-3-7-6-11(9)5-4-8(7)10-2;1-2/h3H,1-2,4-6,9H2;1-2H3. The molecule has 3 heteroatoms. The highest BCUT2D eigenvalue weighted by molar-refractivity contribution is 5.35. The predicted molar refractivity (Wildman–Crippen MR) is 58.5 cm³/mol. The molecule has 13 heavy (non-hydrogen) atoms. The van der Waals surface area contributed by atoms with Crippen molar-refractivity contribution in [1.29, 1.82) is 0 Å². The third-order valence-corrected chi connectivity index (χ3v) is 1.82. The molecule has 0 bridgehead atoms. The normalized spacial score (nSPS) is 17.5. The number of hydrogen-bond acceptors (Lipinski definition) is 3. The van der Waals surface area contributed by atoms with E-state index in [0.717, 1.165) is 30.8 Å². The molecule has 0 unspecified atom stereocenters. The highest BCUT2D eigenvalue weighted by Gasteiger charge is 2.12. The van der Waals surface area contributed by atoms with Crippen LogP contribution >= 0.6 is 0 Å². The van der Waals surface area contributed by atoms with E-state index in [1.807, 2.05) is 13.8 Å². The molecule has 0 aromatic rings. The van der Waals surface area contributed by atoms with Gasteiger partial charge >= 0.3 is 0 Å². The van der Waals surface area contributed by atoms with Gasteiger partial charge in [-0.05, 0) is 12.3 Å². The van der Waals surface area contributed by atoms with Gasteiger partial charge in [0.05, 0.1) is 0 Å². The zero-order chi connectivity index (χ0) is 10.3. The molecule has 1 heterocycles. The maximum Gasteiger partial charge on any atom is 0.0454 e. The van der Waals surface area contributed by atoms with Gasteiger partial charge < -0.3 is 0 Å². The highest BCUT2D eigenvalue weighted by atomic mass is 15.4. The predicted octanol–water partition coefficient (Wildman–Crippen LogP) is 1.73. The van der Waals surface area contributed by atoms with Crippen LogP contribution in [-0.2, 0) is 0 Å². The summed E-state index contributed by atoms with van der Waals surface area (Å²) in [5.74, 6) is 5.61. The third-order valence-electron chi connectivity index (χ3n) is 1.82. The molecule has 1 aliphatic rings. The van der Waals surface area contributed by atoms with Crippen LogP contribution in [0.15, 0.2) is 28.9 Å². The lowest BCUT2D eigenvalue weighted by Gasteiger charge is -2.23. The minimum absolute atomic E-state index is 0.734. The van der Waals surface area contributed by atoms with Crippen LogP contribution < -0.4 is 5.84 Å². The maximum absolute atomic E-state index is 5.61. The molecule has 0 fully saturated rings. The number of nitrogens with zero attached hydrogens (tertiary/aromatic N) is 2. The van der Waals surface area contributed by atoms with Gasteiger partial charge in [0.2, 0.25) is 0 Å². The van der Waals surface area contributed by atoms with Gasteiger partial charge in [0.15, 0.2) is 0 Å². The first-order valence-electron chi connectivity index (χ1n) is 4.58. The first-order chi connectivity index (χ1) is 6.27. The monoisotopic (exact) mass is 181 g/mol. The number of nitrogens with two attached hydrogens (primary N) is 1. The van der Waals surface area contributed by atoms with Crippen molar-refractivity contribution in [2.24, 2.45) is 10.8 Å². The molecule has 0 saturated heterocycles. The van der Waals surface area contributed by atoms with Crippen molar-refractivity contribution in [3.8, 4) is 0 Å². The van der Waals surface area contributed by atoms with E-state index in [2.05, 4.69) is 18.3 Å². The molecule has 74 valence electrons. The molecule has 0 radical (unpaired) electrons. The Balaban J connectivity index is 0.000000671. The van der Waals surface area contributed by atoms with Crippen LogP contribution in [-0.4, -0.2) is 24.8 Å². The summed E-state index contributed by atoms with van der Waals surface area (Å²) < 4.78 is 0. The zero-order valence-electron chi connectivity index (χ0n) is 8.58. The summed E-state index contributed by atoms with van der Waals surface area (Å²) in [7, 11) is 0. The SMILES string of the molecule is C=CC1=C(N=C)CCN(N)C1.CC. The summed E-state index contributed by atoms with van der Waals surface area (Å²) in [6.07, 6.45) is 2.67. The van der Waals surface area contributed by atoms with Crippen molar-refractivity contribution in [3.05, 3.63) is 23.9 Å². The lowest BCUT2D eigenvalue weighted by atomic mass is 10.1. The second-order valence-electron chi connectivity index (χ2n) is 2.55. The summed E-state index contributed by atoms with van der Waals surface area (Å²) in [5.41, 5.74) is 2.12. The van der Waals surface area contributed by atoms with Gasteiger partial charge in [0.25, 0.3) is 0 Å². The van der Waals surface area contributed by atoms with E-state index in [-0.39, 0.29) is 0 Å².